The van der Waals surface area contributed by atoms with Gasteiger partial charge in [-0.15, -0.1) is 0 Å². The molecule has 1 N–H and O–H groups in total. The Balaban J connectivity index is 2.16. The number of carbonyl (C=O) groups excluding carboxylic acids is 1. The Morgan fingerprint density at radius 1 is 1.21 bits per heavy atom. The number of hydrogen-bond acceptors (Lipinski definition) is 3. The maximum Gasteiger partial charge on any atom is 0.242 e. The van der Waals surface area contributed by atoms with Crippen LogP contribution in [-0.2, 0) is 20.4 Å². The number of amides is 1. The van der Waals surface area contributed by atoms with Crippen LogP contribution in [0, 0.1) is 5.82 Å². The van der Waals surface area contributed by atoms with Crippen molar-refractivity contribution >= 4 is 44.6 Å². The molecule has 24 heavy (non-hydrogen) atoms. The molecule has 128 valence electrons. The van der Waals surface area contributed by atoms with Crippen molar-refractivity contribution in [1.29, 1.82) is 0 Å². The van der Waals surface area contributed by atoms with Gasteiger partial charge in [0.15, 0.2) is 9.84 Å². The van der Waals surface area contributed by atoms with Crippen LogP contribution in [-0.4, -0.2) is 19.6 Å². The van der Waals surface area contributed by atoms with E-state index in [1.165, 1.54) is 49.4 Å². The van der Waals surface area contributed by atoms with E-state index in [0.29, 0.717) is 10.6 Å². The van der Waals surface area contributed by atoms with Gasteiger partial charge < -0.3 is 5.32 Å². The van der Waals surface area contributed by atoms with Crippen LogP contribution < -0.4 is 5.32 Å². The fourth-order valence-corrected chi connectivity index (χ4v) is 3.82. The van der Waals surface area contributed by atoms with Crippen molar-refractivity contribution in [2.24, 2.45) is 0 Å². The lowest BCUT2D eigenvalue weighted by atomic mass is 10.2. The maximum atomic E-state index is 13.6. The third-order valence-electron chi connectivity index (χ3n) is 3.41. The molecule has 0 spiro atoms. The van der Waals surface area contributed by atoms with E-state index in [1.807, 2.05) is 0 Å². The highest BCUT2D eigenvalue weighted by Crippen LogP contribution is 2.24. The number of hydrogen-bond donors (Lipinski definition) is 1. The molecular weight excluding hydrogens is 376 g/mol. The Bertz CT molecular complexity index is 871. The van der Waals surface area contributed by atoms with E-state index < -0.39 is 32.6 Å². The summed E-state index contributed by atoms with van der Waals surface area (Å²) in [7, 11) is -3.84. The first-order valence-electron chi connectivity index (χ1n) is 6.91. The molecule has 2 rings (SSSR count). The molecule has 2 aromatic carbocycles. The summed E-state index contributed by atoms with van der Waals surface area (Å²) in [4.78, 5) is 12.1. The van der Waals surface area contributed by atoms with Crippen molar-refractivity contribution in [3.63, 3.8) is 0 Å². The van der Waals surface area contributed by atoms with Crippen LogP contribution in [0.2, 0.25) is 10.0 Å². The van der Waals surface area contributed by atoms with Gasteiger partial charge in [-0.1, -0.05) is 41.4 Å². The van der Waals surface area contributed by atoms with Gasteiger partial charge in [-0.2, -0.15) is 0 Å². The fourth-order valence-electron chi connectivity index (χ4n) is 1.94. The predicted molar refractivity (Wildman–Crippen MR) is 93.6 cm³/mol. The molecule has 0 heterocycles. The van der Waals surface area contributed by atoms with Crippen molar-refractivity contribution in [2.75, 3.05) is 5.32 Å². The van der Waals surface area contributed by atoms with Crippen LogP contribution in [0.15, 0.2) is 42.5 Å². The minimum absolute atomic E-state index is 0.0749. The molecule has 1 unspecified atom stereocenters. The van der Waals surface area contributed by atoms with Crippen LogP contribution in [0.5, 0.6) is 0 Å². The summed E-state index contributed by atoms with van der Waals surface area (Å²) in [6, 6.07) is 9.95. The monoisotopic (exact) mass is 389 g/mol. The zero-order chi connectivity index (χ0) is 17.9. The highest BCUT2D eigenvalue weighted by molar-refractivity contribution is 7.92. The molecule has 0 aliphatic heterocycles. The Morgan fingerprint density at radius 3 is 2.50 bits per heavy atom. The van der Waals surface area contributed by atoms with E-state index in [1.54, 1.807) is 0 Å². The molecule has 0 fully saturated rings. The zero-order valence-corrected chi connectivity index (χ0v) is 14.9. The van der Waals surface area contributed by atoms with E-state index in [4.69, 9.17) is 23.2 Å². The standard InChI is InChI=1S/C16H14Cl2FNO3S/c1-10(16(21)20-15-5-3-2-4-14(15)19)24(22,23)9-11-6-7-12(17)8-13(11)18/h2-8,10H,9H2,1H3,(H,20,21). The highest BCUT2D eigenvalue weighted by Gasteiger charge is 2.29. The summed E-state index contributed by atoms with van der Waals surface area (Å²) in [6.45, 7) is 1.25. The van der Waals surface area contributed by atoms with Crippen molar-refractivity contribution < 1.29 is 17.6 Å². The number of nitrogens with one attached hydrogen (secondary N) is 1. The largest absolute Gasteiger partial charge is 0.322 e. The van der Waals surface area contributed by atoms with Gasteiger partial charge in [0, 0.05) is 10.0 Å². The number of carbonyl (C=O) groups is 1. The Kier molecular flexibility index (Phi) is 5.85. The highest BCUT2D eigenvalue weighted by atomic mass is 35.5. The molecule has 0 aliphatic carbocycles. The number of rotatable bonds is 5. The molecule has 4 nitrogen and oxygen atoms in total. The van der Waals surface area contributed by atoms with Gasteiger partial charge >= 0.3 is 0 Å². The SMILES string of the molecule is CC(C(=O)Nc1ccccc1F)S(=O)(=O)Cc1ccc(Cl)cc1Cl. The zero-order valence-electron chi connectivity index (χ0n) is 12.6. The molecule has 8 heteroatoms. The van der Waals surface area contributed by atoms with Crippen LogP contribution in [0.25, 0.3) is 0 Å². The lowest BCUT2D eigenvalue weighted by molar-refractivity contribution is -0.115. The van der Waals surface area contributed by atoms with E-state index in [9.17, 15) is 17.6 Å². The molecule has 0 aromatic heterocycles. The van der Waals surface area contributed by atoms with Gasteiger partial charge in [-0.3, -0.25) is 4.79 Å². The van der Waals surface area contributed by atoms with Crippen molar-refractivity contribution in [1.82, 2.24) is 0 Å². The second kappa shape index (κ2) is 7.51. The number of halogens is 3. The van der Waals surface area contributed by atoms with Gasteiger partial charge in [-0.05, 0) is 36.8 Å². The lowest BCUT2D eigenvalue weighted by Crippen LogP contribution is -2.33. The van der Waals surface area contributed by atoms with E-state index >= 15 is 0 Å². The van der Waals surface area contributed by atoms with Crippen LogP contribution in [0.1, 0.15) is 12.5 Å². The number of anilines is 1. The minimum atomic E-state index is -3.84. The molecule has 0 aliphatic rings. The summed E-state index contributed by atoms with van der Waals surface area (Å²) < 4.78 is 38.4. The Morgan fingerprint density at radius 2 is 1.88 bits per heavy atom. The van der Waals surface area contributed by atoms with Crippen LogP contribution >= 0.6 is 23.2 Å². The summed E-state index contributed by atoms with van der Waals surface area (Å²) in [6.07, 6.45) is 0. The van der Waals surface area contributed by atoms with E-state index in [2.05, 4.69) is 5.32 Å². The molecule has 2 aromatic rings. The third kappa shape index (κ3) is 4.47. The van der Waals surface area contributed by atoms with Gasteiger partial charge in [0.05, 0.1) is 11.4 Å². The summed E-state index contributed by atoms with van der Waals surface area (Å²) in [5.41, 5.74) is 0.265. The number of sulfone groups is 1. The first-order valence-corrected chi connectivity index (χ1v) is 9.39. The van der Waals surface area contributed by atoms with E-state index in [-0.39, 0.29) is 10.7 Å². The molecular formula is C16H14Cl2FNO3S. The smallest absolute Gasteiger partial charge is 0.242 e. The first kappa shape index (κ1) is 18.7. The minimum Gasteiger partial charge on any atom is -0.322 e. The quantitative estimate of drug-likeness (QED) is 0.837. The average molecular weight is 390 g/mol. The van der Waals surface area contributed by atoms with Crippen molar-refractivity contribution in [2.45, 2.75) is 17.9 Å². The lowest BCUT2D eigenvalue weighted by Gasteiger charge is -2.14. The Labute approximate surface area is 149 Å². The van der Waals surface area contributed by atoms with Crippen LogP contribution in [0.4, 0.5) is 10.1 Å². The summed E-state index contributed by atoms with van der Waals surface area (Å²) in [5.74, 6) is -1.88. The summed E-state index contributed by atoms with van der Waals surface area (Å²) >= 11 is 11.7. The van der Waals surface area contributed by atoms with Crippen LogP contribution in [0.3, 0.4) is 0 Å². The number of para-hydroxylation sites is 1. The molecule has 0 saturated heterocycles. The molecule has 0 radical (unpaired) electrons. The maximum absolute atomic E-state index is 13.6. The third-order valence-corrected chi connectivity index (χ3v) is 6.00. The molecule has 0 saturated carbocycles. The van der Waals surface area contributed by atoms with Crippen molar-refractivity contribution in [3.8, 4) is 0 Å². The fraction of sp³-hybridized carbons (Fsp3) is 0.188. The van der Waals surface area contributed by atoms with Gasteiger partial charge in [0.1, 0.15) is 11.1 Å². The second-order valence-electron chi connectivity index (χ2n) is 5.15. The van der Waals surface area contributed by atoms with Gasteiger partial charge in [-0.25, -0.2) is 12.8 Å². The van der Waals surface area contributed by atoms with Gasteiger partial charge in [0.2, 0.25) is 5.91 Å². The molecule has 0 bridgehead atoms. The summed E-state index contributed by atoms with van der Waals surface area (Å²) in [5, 5.41) is 1.49. The second-order valence-corrected chi connectivity index (χ2v) is 8.32. The first-order chi connectivity index (χ1) is 11.2. The topological polar surface area (TPSA) is 63.2 Å². The Hall–Kier alpha value is -1.63. The van der Waals surface area contributed by atoms with E-state index in [0.717, 1.165) is 0 Å². The number of benzene rings is 2. The molecule has 1 atom stereocenters. The van der Waals surface area contributed by atoms with Gasteiger partial charge in [0.25, 0.3) is 0 Å². The van der Waals surface area contributed by atoms with Crippen molar-refractivity contribution in [3.05, 3.63) is 63.9 Å². The average Bonchev–Trinajstić information content (AvgIpc) is 2.51. The predicted octanol–water partition coefficient (Wildman–Crippen LogP) is 4.07. The normalized spacial score (nSPS) is 12.7. The molecule has 1 amide bonds.